The van der Waals surface area contributed by atoms with Crippen molar-refractivity contribution in [2.24, 2.45) is 0 Å². The maximum atomic E-state index is 14.4. The second-order valence-electron chi connectivity index (χ2n) is 9.54. The van der Waals surface area contributed by atoms with Crippen molar-refractivity contribution < 1.29 is 9.59 Å². The van der Waals surface area contributed by atoms with Crippen LogP contribution >= 0.6 is 0 Å². The molecule has 40 heavy (non-hydrogen) atoms. The van der Waals surface area contributed by atoms with E-state index in [0.29, 0.717) is 50.6 Å². The van der Waals surface area contributed by atoms with Crippen LogP contribution in [0.1, 0.15) is 31.8 Å². The van der Waals surface area contributed by atoms with E-state index in [4.69, 9.17) is 4.98 Å². The second kappa shape index (κ2) is 9.64. The Balaban J connectivity index is 1.46. The number of benzene rings is 3. The molecule has 0 bridgehead atoms. The number of aromatic nitrogens is 3. The molecule has 1 aliphatic rings. The molecule has 7 rings (SSSR count). The van der Waals surface area contributed by atoms with Gasteiger partial charge in [-0.1, -0.05) is 78.9 Å². The van der Waals surface area contributed by atoms with E-state index in [9.17, 15) is 9.59 Å². The number of nitrogens with zero attached hydrogens (tertiary/aromatic N) is 3. The third-order valence-corrected chi connectivity index (χ3v) is 7.15. The Bertz CT molecular complexity index is 1860. The number of carbonyl (C=O) groups is 2. The molecule has 5 heteroatoms. The first-order valence-corrected chi connectivity index (χ1v) is 12.9. The molecule has 0 unspecified atom stereocenters. The highest BCUT2D eigenvalue weighted by molar-refractivity contribution is 6.32. The highest BCUT2D eigenvalue weighted by atomic mass is 16.1. The van der Waals surface area contributed by atoms with Gasteiger partial charge in [0.25, 0.3) is 0 Å². The minimum Gasteiger partial charge on any atom is -0.289 e. The van der Waals surface area contributed by atoms with Gasteiger partial charge >= 0.3 is 0 Å². The first-order chi connectivity index (χ1) is 19.7. The maximum Gasteiger partial charge on any atom is 0.195 e. The van der Waals surface area contributed by atoms with Gasteiger partial charge in [0.05, 0.1) is 22.8 Å². The third-order valence-electron chi connectivity index (χ3n) is 7.15. The summed E-state index contributed by atoms with van der Waals surface area (Å²) in [5.41, 5.74) is 7.41. The number of fused-ring (bicyclic) bond motifs is 2. The van der Waals surface area contributed by atoms with E-state index in [1.807, 2.05) is 103 Å². The van der Waals surface area contributed by atoms with E-state index in [-0.39, 0.29) is 11.6 Å². The average molecular weight is 516 g/mol. The fourth-order valence-electron chi connectivity index (χ4n) is 5.32. The summed E-state index contributed by atoms with van der Waals surface area (Å²) < 4.78 is 0. The molecule has 3 heterocycles. The fraction of sp³-hybridized carbons (Fsp3) is 0. The zero-order chi connectivity index (χ0) is 27.1. The highest BCUT2D eigenvalue weighted by Gasteiger charge is 2.34. The summed E-state index contributed by atoms with van der Waals surface area (Å²) in [7, 11) is 0. The molecule has 0 saturated carbocycles. The molecule has 0 N–H and O–H groups in total. The number of ketones is 2. The maximum absolute atomic E-state index is 14.4. The summed E-state index contributed by atoms with van der Waals surface area (Å²) in [4.78, 5) is 42.0. The predicted molar refractivity (Wildman–Crippen MR) is 155 cm³/mol. The molecule has 3 aromatic heterocycles. The monoisotopic (exact) mass is 515 g/mol. The first-order valence-electron chi connectivity index (χ1n) is 12.9. The summed E-state index contributed by atoms with van der Waals surface area (Å²) in [5.74, 6) is -0.330. The zero-order valence-electron chi connectivity index (χ0n) is 21.3. The second-order valence-corrected chi connectivity index (χ2v) is 9.54. The Morgan fingerprint density at radius 3 is 1.43 bits per heavy atom. The van der Waals surface area contributed by atoms with E-state index in [2.05, 4.69) is 9.97 Å². The van der Waals surface area contributed by atoms with Crippen molar-refractivity contribution in [1.82, 2.24) is 15.0 Å². The zero-order valence-corrected chi connectivity index (χ0v) is 21.3. The first kappa shape index (κ1) is 23.6. The predicted octanol–water partition coefficient (Wildman–Crippen LogP) is 7.32. The van der Waals surface area contributed by atoms with Gasteiger partial charge in [-0.15, -0.1) is 0 Å². The molecule has 0 radical (unpaired) electrons. The van der Waals surface area contributed by atoms with Crippen LogP contribution in [0.2, 0.25) is 0 Å². The van der Waals surface area contributed by atoms with Gasteiger partial charge in [0.2, 0.25) is 0 Å². The molecule has 0 aliphatic heterocycles. The summed E-state index contributed by atoms with van der Waals surface area (Å²) in [6.45, 7) is 0. The van der Waals surface area contributed by atoms with Crippen LogP contribution in [0.5, 0.6) is 0 Å². The molecular formula is C35H21N3O2. The molecule has 0 atom stereocenters. The third kappa shape index (κ3) is 3.92. The van der Waals surface area contributed by atoms with Gasteiger partial charge in [-0.2, -0.15) is 0 Å². The fourth-order valence-corrected chi connectivity index (χ4v) is 5.32. The van der Waals surface area contributed by atoms with Gasteiger partial charge in [0, 0.05) is 34.6 Å². The van der Waals surface area contributed by atoms with Gasteiger partial charge in [0.1, 0.15) is 0 Å². The summed E-state index contributed by atoms with van der Waals surface area (Å²) in [6, 6.07) is 35.8. The van der Waals surface area contributed by atoms with Crippen molar-refractivity contribution in [1.29, 1.82) is 0 Å². The van der Waals surface area contributed by atoms with Gasteiger partial charge in [0.15, 0.2) is 11.6 Å². The summed E-state index contributed by atoms with van der Waals surface area (Å²) in [5, 5.41) is 0. The van der Waals surface area contributed by atoms with Crippen LogP contribution in [0.25, 0.3) is 45.0 Å². The van der Waals surface area contributed by atoms with E-state index < -0.39 is 0 Å². The number of hydrogen-bond acceptors (Lipinski definition) is 5. The van der Waals surface area contributed by atoms with Crippen molar-refractivity contribution in [3.05, 3.63) is 150 Å². The van der Waals surface area contributed by atoms with Crippen molar-refractivity contribution >= 4 is 11.6 Å². The Kier molecular flexibility index (Phi) is 5.68. The standard InChI is InChI=1S/C35H21N3O2/c39-34-26-14-8-12-24(22-10-2-1-3-11-22)32(26)35(40)33-25(13-9-15-27(33)34)23-20-30(28-16-4-6-18-36-28)38-31(21-23)29-17-5-7-19-37-29/h1-21H. The van der Waals surface area contributed by atoms with Crippen LogP contribution in [-0.2, 0) is 0 Å². The SMILES string of the molecule is O=C1c2cccc(-c3ccccc3)c2C(=O)c2c1cccc2-c1cc(-c2ccccn2)nc(-c2ccccn2)c1. The van der Waals surface area contributed by atoms with Gasteiger partial charge in [-0.25, -0.2) is 4.98 Å². The largest absolute Gasteiger partial charge is 0.289 e. The van der Waals surface area contributed by atoms with Gasteiger partial charge in [-0.05, 0) is 58.7 Å². The van der Waals surface area contributed by atoms with Crippen LogP contribution in [0.3, 0.4) is 0 Å². The topological polar surface area (TPSA) is 72.8 Å². The minimum absolute atomic E-state index is 0.159. The van der Waals surface area contributed by atoms with Gasteiger partial charge in [-0.3, -0.25) is 19.6 Å². The highest BCUT2D eigenvalue weighted by Crippen LogP contribution is 2.39. The van der Waals surface area contributed by atoms with E-state index in [1.54, 1.807) is 24.5 Å². The molecule has 188 valence electrons. The van der Waals surface area contributed by atoms with E-state index in [0.717, 1.165) is 16.7 Å². The lowest BCUT2D eigenvalue weighted by Crippen LogP contribution is -2.22. The van der Waals surface area contributed by atoms with Crippen molar-refractivity contribution in [3.8, 4) is 45.0 Å². The van der Waals surface area contributed by atoms with Crippen LogP contribution in [-0.4, -0.2) is 26.5 Å². The molecule has 3 aromatic carbocycles. The molecule has 6 aromatic rings. The van der Waals surface area contributed by atoms with E-state index in [1.165, 1.54) is 0 Å². The van der Waals surface area contributed by atoms with Crippen LogP contribution < -0.4 is 0 Å². The Hall–Kier alpha value is -5.55. The van der Waals surface area contributed by atoms with Crippen molar-refractivity contribution in [2.75, 3.05) is 0 Å². The number of pyridine rings is 3. The lowest BCUT2D eigenvalue weighted by Gasteiger charge is -2.23. The Labute approximate surface area is 230 Å². The molecule has 0 fully saturated rings. The van der Waals surface area contributed by atoms with Gasteiger partial charge < -0.3 is 0 Å². The molecule has 1 aliphatic carbocycles. The van der Waals surface area contributed by atoms with Crippen molar-refractivity contribution in [3.63, 3.8) is 0 Å². The molecule has 5 nitrogen and oxygen atoms in total. The Morgan fingerprint density at radius 2 is 0.900 bits per heavy atom. The molecule has 0 spiro atoms. The smallest absolute Gasteiger partial charge is 0.195 e. The number of hydrogen-bond donors (Lipinski definition) is 0. The number of carbonyl (C=O) groups excluding carboxylic acids is 2. The van der Waals surface area contributed by atoms with Crippen LogP contribution in [0.15, 0.2) is 128 Å². The summed E-state index contributed by atoms with van der Waals surface area (Å²) >= 11 is 0. The summed E-state index contributed by atoms with van der Waals surface area (Å²) in [6.07, 6.45) is 3.44. The Morgan fingerprint density at radius 1 is 0.400 bits per heavy atom. The molecular weight excluding hydrogens is 494 g/mol. The van der Waals surface area contributed by atoms with Crippen molar-refractivity contribution in [2.45, 2.75) is 0 Å². The lowest BCUT2D eigenvalue weighted by molar-refractivity contribution is 0.0980. The van der Waals surface area contributed by atoms with E-state index >= 15 is 0 Å². The quantitative estimate of drug-likeness (QED) is 0.246. The van der Waals surface area contributed by atoms with Crippen LogP contribution in [0, 0.1) is 0 Å². The molecule has 0 amide bonds. The average Bonchev–Trinajstić information content (AvgIpc) is 3.04. The normalized spacial score (nSPS) is 12.1. The minimum atomic E-state index is -0.171. The molecule has 0 saturated heterocycles. The number of rotatable bonds is 4. The van der Waals surface area contributed by atoms with Crippen LogP contribution in [0.4, 0.5) is 0 Å². The lowest BCUT2D eigenvalue weighted by atomic mass is 9.78.